The summed E-state index contributed by atoms with van der Waals surface area (Å²) in [7, 11) is 0. The maximum Gasteiger partial charge on any atom is 0.326 e. The first-order valence-electron chi connectivity index (χ1n) is 6.73. The van der Waals surface area contributed by atoms with Crippen LogP contribution in [0.3, 0.4) is 0 Å². The lowest BCUT2D eigenvalue weighted by Gasteiger charge is -2.24. The molecule has 2 N–H and O–H groups in total. The highest BCUT2D eigenvalue weighted by molar-refractivity contribution is 8.01. The van der Waals surface area contributed by atoms with Crippen molar-refractivity contribution in [2.45, 2.75) is 37.0 Å². The van der Waals surface area contributed by atoms with Crippen LogP contribution in [0, 0.1) is 0 Å². The number of carbonyl (C=O) groups is 2. The van der Waals surface area contributed by atoms with E-state index in [-0.39, 0.29) is 5.91 Å². The first kappa shape index (κ1) is 14.9. The van der Waals surface area contributed by atoms with Crippen molar-refractivity contribution in [2.75, 3.05) is 5.75 Å². The summed E-state index contributed by atoms with van der Waals surface area (Å²) in [5.74, 6) is -0.197. The standard InChI is InChI=1S/C15H19NO3S/c1-15(8-5-9-20-15)14(19)16-12(13(17)18)10-11-6-3-2-4-7-11/h2-4,6-7,12H,5,8-10H2,1H3,(H,16,19)(H,17,18)/t12-,15?/m1/s1. The Morgan fingerprint density at radius 2 is 2.10 bits per heavy atom. The molecule has 2 atom stereocenters. The topological polar surface area (TPSA) is 66.4 Å². The fraction of sp³-hybridized carbons (Fsp3) is 0.467. The van der Waals surface area contributed by atoms with Crippen LogP contribution < -0.4 is 5.32 Å². The van der Waals surface area contributed by atoms with Gasteiger partial charge < -0.3 is 10.4 Å². The van der Waals surface area contributed by atoms with Crippen LogP contribution in [0.15, 0.2) is 30.3 Å². The van der Waals surface area contributed by atoms with Crippen molar-refractivity contribution in [1.82, 2.24) is 5.32 Å². The third-order valence-electron chi connectivity index (χ3n) is 3.59. The van der Waals surface area contributed by atoms with E-state index in [9.17, 15) is 14.7 Å². The van der Waals surface area contributed by atoms with Gasteiger partial charge in [0, 0.05) is 6.42 Å². The molecule has 0 bridgehead atoms. The number of benzene rings is 1. The molecular formula is C15H19NO3S. The first-order chi connectivity index (χ1) is 9.51. The summed E-state index contributed by atoms with van der Waals surface area (Å²) < 4.78 is -0.482. The summed E-state index contributed by atoms with van der Waals surface area (Å²) in [6.45, 7) is 1.89. The average molecular weight is 293 g/mol. The third-order valence-corrected chi connectivity index (χ3v) is 5.10. The molecule has 108 valence electrons. The molecular weight excluding hydrogens is 274 g/mol. The van der Waals surface area contributed by atoms with Crippen molar-refractivity contribution in [2.24, 2.45) is 0 Å². The Balaban J connectivity index is 2.02. The van der Waals surface area contributed by atoms with Crippen LogP contribution in [-0.4, -0.2) is 33.5 Å². The number of thioether (sulfide) groups is 1. The molecule has 20 heavy (non-hydrogen) atoms. The third kappa shape index (κ3) is 3.54. The number of rotatable bonds is 5. The summed E-state index contributed by atoms with van der Waals surface area (Å²) in [4.78, 5) is 23.6. The van der Waals surface area contributed by atoms with Crippen LogP contribution in [0.4, 0.5) is 0 Å². The molecule has 1 heterocycles. The lowest BCUT2D eigenvalue weighted by molar-refractivity contribution is -0.142. The van der Waals surface area contributed by atoms with Gasteiger partial charge in [-0.1, -0.05) is 30.3 Å². The molecule has 1 saturated heterocycles. The Kier molecular flexibility index (Phi) is 4.70. The van der Waals surface area contributed by atoms with Crippen molar-refractivity contribution >= 4 is 23.6 Å². The van der Waals surface area contributed by atoms with Crippen molar-refractivity contribution in [3.8, 4) is 0 Å². The Labute approximate surface area is 123 Å². The van der Waals surface area contributed by atoms with Gasteiger partial charge in [0.25, 0.3) is 0 Å². The second-order valence-corrected chi connectivity index (χ2v) is 6.83. The van der Waals surface area contributed by atoms with Crippen molar-refractivity contribution in [3.63, 3.8) is 0 Å². The largest absolute Gasteiger partial charge is 0.480 e. The molecule has 1 aliphatic rings. The fourth-order valence-electron chi connectivity index (χ4n) is 2.32. The molecule has 1 aromatic carbocycles. The zero-order chi connectivity index (χ0) is 14.6. The molecule has 1 unspecified atom stereocenters. The quantitative estimate of drug-likeness (QED) is 0.872. The molecule has 2 rings (SSSR count). The molecule has 1 aliphatic heterocycles. The highest BCUT2D eigenvalue weighted by Gasteiger charge is 2.38. The van der Waals surface area contributed by atoms with Gasteiger partial charge in [0.15, 0.2) is 0 Å². The Morgan fingerprint density at radius 1 is 1.40 bits per heavy atom. The molecule has 0 aliphatic carbocycles. The molecule has 4 nitrogen and oxygen atoms in total. The zero-order valence-electron chi connectivity index (χ0n) is 11.5. The maximum atomic E-state index is 12.3. The van der Waals surface area contributed by atoms with E-state index >= 15 is 0 Å². The first-order valence-corrected chi connectivity index (χ1v) is 7.71. The summed E-state index contributed by atoms with van der Waals surface area (Å²) in [5.41, 5.74) is 0.907. The van der Waals surface area contributed by atoms with Crippen LogP contribution in [0.5, 0.6) is 0 Å². The minimum absolute atomic E-state index is 0.164. The average Bonchev–Trinajstić information content (AvgIpc) is 2.87. The maximum absolute atomic E-state index is 12.3. The number of carbonyl (C=O) groups excluding carboxylic acids is 1. The van der Waals surface area contributed by atoms with E-state index in [1.807, 2.05) is 37.3 Å². The molecule has 1 fully saturated rings. The van der Waals surface area contributed by atoms with Crippen LogP contribution in [0.1, 0.15) is 25.3 Å². The summed E-state index contributed by atoms with van der Waals surface area (Å²) in [6.07, 6.45) is 2.12. The van der Waals surface area contributed by atoms with Gasteiger partial charge in [0.05, 0.1) is 4.75 Å². The van der Waals surface area contributed by atoms with Gasteiger partial charge in [-0.3, -0.25) is 4.79 Å². The lowest BCUT2D eigenvalue weighted by Crippen LogP contribution is -2.49. The minimum Gasteiger partial charge on any atom is -0.480 e. The van der Waals surface area contributed by atoms with Crippen molar-refractivity contribution in [3.05, 3.63) is 35.9 Å². The Morgan fingerprint density at radius 3 is 2.65 bits per heavy atom. The lowest BCUT2D eigenvalue weighted by atomic mass is 10.0. The van der Waals surface area contributed by atoms with Crippen LogP contribution in [0.25, 0.3) is 0 Å². The minimum atomic E-state index is -0.992. The van der Waals surface area contributed by atoms with Gasteiger partial charge in [-0.05, 0) is 31.1 Å². The van der Waals surface area contributed by atoms with E-state index in [2.05, 4.69) is 5.32 Å². The van der Waals surface area contributed by atoms with E-state index in [1.54, 1.807) is 11.8 Å². The van der Waals surface area contributed by atoms with E-state index in [0.717, 1.165) is 24.2 Å². The molecule has 0 radical (unpaired) electrons. The summed E-state index contributed by atoms with van der Waals surface area (Å²) in [6, 6.07) is 8.48. The Bertz CT molecular complexity index is 483. The number of carboxylic acids is 1. The van der Waals surface area contributed by atoms with Gasteiger partial charge >= 0.3 is 5.97 Å². The number of carboxylic acid groups (broad SMARTS) is 1. The van der Waals surface area contributed by atoms with E-state index in [0.29, 0.717) is 6.42 Å². The van der Waals surface area contributed by atoms with Gasteiger partial charge in [-0.15, -0.1) is 11.8 Å². The van der Waals surface area contributed by atoms with Crippen molar-refractivity contribution in [1.29, 1.82) is 0 Å². The van der Waals surface area contributed by atoms with Gasteiger partial charge in [0.2, 0.25) is 5.91 Å². The van der Waals surface area contributed by atoms with Crippen LogP contribution in [-0.2, 0) is 16.0 Å². The fourth-order valence-corrected chi connectivity index (χ4v) is 3.54. The molecule has 0 aromatic heterocycles. The molecule has 0 saturated carbocycles. The van der Waals surface area contributed by atoms with E-state index in [1.165, 1.54) is 0 Å². The van der Waals surface area contributed by atoms with Crippen LogP contribution in [0.2, 0.25) is 0 Å². The zero-order valence-corrected chi connectivity index (χ0v) is 12.3. The van der Waals surface area contributed by atoms with Gasteiger partial charge in [-0.25, -0.2) is 4.79 Å². The SMILES string of the molecule is CC1(C(=O)N[C@H](Cc2ccccc2)C(=O)O)CCCS1. The summed E-state index contributed by atoms with van der Waals surface area (Å²) in [5, 5.41) is 12.0. The highest BCUT2D eigenvalue weighted by Crippen LogP contribution is 2.37. The van der Waals surface area contributed by atoms with E-state index < -0.39 is 16.8 Å². The van der Waals surface area contributed by atoms with E-state index in [4.69, 9.17) is 0 Å². The predicted octanol–water partition coefficient (Wildman–Crippen LogP) is 2.08. The van der Waals surface area contributed by atoms with Crippen molar-refractivity contribution < 1.29 is 14.7 Å². The van der Waals surface area contributed by atoms with Gasteiger partial charge in [0.1, 0.15) is 6.04 Å². The molecule has 1 amide bonds. The number of aliphatic carboxylic acids is 1. The normalized spacial score (nSPS) is 23.2. The molecule has 1 aromatic rings. The smallest absolute Gasteiger partial charge is 0.326 e. The predicted molar refractivity (Wildman–Crippen MR) is 79.8 cm³/mol. The Hall–Kier alpha value is -1.49. The molecule has 0 spiro atoms. The van der Waals surface area contributed by atoms with Crippen LogP contribution >= 0.6 is 11.8 Å². The number of hydrogen-bond donors (Lipinski definition) is 2. The highest BCUT2D eigenvalue weighted by atomic mass is 32.2. The van der Waals surface area contributed by atoms with Gasteiger partial charge in [-0.2, -0.15) is 0 Å². The number of nitrogens with one attached hydrogen (secondary N) is 1. The second kappa shape index (κ2) is 6.31. The summed E-state index contributed by atoms with van der Waals surface area (Å²) >= 11 is 1.61. The number of hydrogen-bond acceptors (Lipinski definition) is 3. The number of amides is 1. The second-order valence-electron chi connectivity index (χ2n) is 5.24. The monoisotopic (exact) mass is 293 g/mol. The molecule has 5 heteroatoms.